The molecule has 1 aliphatic rings. The molecule has 0 N–H and O–H groups in total. The highest BCUT2D eigenvalue weighted by Crippen LogP contribution is 2.33. The second-order valence-corrected chi connectivity index (χ2v) is 6.32. The van der Waals surface area contributed by atoms with E-state index in [9.17, 15) is 9.59 Å². The number of nitrogens with zero attached hydrogens (tertiary/aromatic N) is 3. The lowest BCUT2D eigenvalue weighted by molar-refractivity contribution is -0.133. The molecule has 1 aliphatic heterocycles. The molecule has 1 atom stereocenters. The Kier molecular flexibility index (Phi) is 5.12. The number of piperidine rings is 1. The zero-order valence-corrected chi connectivity index (χ0v) is 14.9. The maximum atomic E-state index is 12.8. The number of hydrogen-bond donors (Lipinski definition) is 0. The van der Waals surface area contributed by atoms with Gasteiger partial charge in [-0.05, 0) is 31.0 Å². The fourth-order valence-corrected chi connectivity index (χ4v) is 3.37. The van der Waals surface area contributed by atoms with Crippen molar-refractivity contribution in [1.82, 2.24) is 9.47 Å². The van der Waals surface area contributed by atoms with Crippen molar-refractivity contribution in [3.63, 3.8) is 0 Å². The van der Waals surface area contributed by atoms with Crippen LogP contribution in [0.15, 0.2) is 29.2 Å². The van der Waals surface area contributed by atoms with Crippen molar-refractivity contribution in [3.05, 3.63) is 34.7 Å². The van der Waals surface area contributed by atoms with E-state index in [4.69, 9.17) is 14.7 Å². The van der Waals surface area contributed by atoms with Crippen molar-refractivity contribution in [2.24, 2.45) is 5.92 Å². The number of fused-ring (bicyclic) bond motifs is 1. The Balaban J connectivity index is 1.90. The summed E-state index contributed by atoms with van der Waals surface area (Å²) in [5.41, 5.74) is -0.259. The largest absolute Gasteiger partial charge is 0.493 e. The number of nitriles is 1. The topological polar surface area (TPSA) is 84.6 Å². The van der Waals surface area contributed by atoms with E-state index in [-0.39, 0.29) is 23.9 Å². The number of ether oxygens (including phenoxy) is 2. The molecule has 1 amide bonds. The third-order valence-corrected chi connectivity index (χ3v) is 4.76. The van der Waals surface area contributed by atoms with E-state index in [0.29, 0.717) is 35.4 Å². The Morgan fingerprint density at radius 1 is 1.27 bits per heavy atom. The minimum atomic E-state index is -0.259. The van der Waals surface area contributed by atoms with Crippen LogP contribution in [0.4, 0.5) is 0 Å². The summed E-state index contributed by atoms with van der Waals surface area (Å²) in [4.78, 5) is 27.0. The van der Waals surface area contributed by atoms with E-state index in [1.165, 1.54) is 18.8 Å². The molecule has 1 aromatic heterocycles. The zero-order chi connectivity index (χ0) is 18.7. The third kappa shape index (κ3) is 3.23. The maximum absolute atomic E-state index is 12.8. The first-order valence-corrected chi connectivity index (χ1v) is 8.50. The van der Waals surface area contributed by atoms with Crippen LogP contribution in [0.25, 0.3) is 10.8 Å². The molecule has 1 fully saturated rings. The molecule has 7 heteroatoms. The molecule has 0 saturated carbocycles. The summed E-state index contributed by atoms with van der Waals surface area (Å²) in [6, 6.07) is 7.32. The highest BCUT2D eigenvalue weighted by atomic mass is 16.5. The van der Waals surface area contributed by atoms with Crippen LogP contribution in [0.1, 0.15) is 12.8 Å². The first-order valence-electron chi connectivity index (χ1n) is 8.50. The van der Waals surface area contributed by atoms with Gasteiger partial charge in [-0.3, -0.25) is 9.59 Å². The molecule has 26 heavy (non-hydrogen) atoms. The second-order valence-electron chi connectivity index (χ2n) is 6.32. The smallest absolute Gasteiger partial charge is 0.259 e. The average molecular weight is 355 g/mol. The quantitative estimate of drug-likeness (QED) is 0.835. The Morgan fingerprint density at radius 2 is 2.08 bits per heavy atom. The first-order chi connectivity index (χ1) is 12.6. The first kappa shape index (κ1) is 17.8. The van der Waals surface area contributed by atoms with E-state index in [1.54, 1.807) is 29.3 Å². The van der Waals surface area contributed by atoms with E-state index in [2.05, 4.69) is 6.07 Å². The van der Waals surface area contributed by atoms with Crippen molar-refractivity contribution in [1.29, 1.82) is 5.26 Å². The summed E-state index contributed by atoms with van der Waals surface area (Å²) in [5, 5.41) is 10.2. The molecule has 7 nitrogen and oxygen atoms in total. The van der Waals surface area contributed by atoms with Crippen LogP contribution < -0.4 is 15.0 Å². The molecule has 0 bridgehead atoms. The van der Waals surface area contributed by atoms with E-state index in [1.807, 2.05) is 0 Å². The van der Waals surface area contributed by atoms with Gasteiger partial charge in [0.25, 0.3) is 5.56 Å². The Labute approximate surface area is 151 Å². The Morgan fingerprint density at radius 3 is 2.77 bits per heavy atom. The Hall–Kier alpha value is -3.01. The number of likely N-dealkylation sites (tertiary alicyclic amines) is 1. The van der Waals surface area contributed by atoms with Gasteiger partial charge in [0.15, 0.2) is 11.5 Å². The molecular formula is C19H21N3O4. The highest BCUT2D eigenvalue weighted by molar-refractivity contribution is 5.90. The van der Waals surface area contributed by atoms with Gasteiger partial charge >= 0.3 is 0 Å². The molecule has 0 radical (unpaired) electrons. The Bertz CT molecular complexity index is 929. The number of hydrogen-bond acceptors (Lipinski definition) is 5. The molecule has 0 spiro atoms. The van der Waals surface area contributed by atoms with Gasteiger partial charge in [-0.1, -0.05) is 0 Å². The number of aromatic nitrogens is 1. The molecule has 136 valence electrons. The van der Waals surface area contributed by atoms with Gasteiger partial charge < -0.3 is 18.9 Å². The van der Waals surface area contributed by atoms with E-state index < -0.39 is 0 Å². The number of amides is 1. The van der Waals surface area contributed by atoms with Crippen LogP contribution in [-0.4, -0.2) is 42.7 Å². The van der Waals surface area contributed by atoms with Crippen LogP contribution >= 0.6 is 0 Å². The lowest BCUT2D eigenvalue weighted by Crippen LogP contribution is -2.42. The van der Waals surface area contributed by atoms with Gasteiger partial charge in [0.2, 0.25) is 5.91 Å². The fourth-order valence-electron chi connectivity index (χ4n) is 3.37. The third-order valence-electron chi connectivity index (χ3n) is 4.76. The molecule has 1 aromatic carbocycles. The van der Waals surface area contributed by atoms with Gasteiger partial charge in [-0.15, -0.1) is 0 Å². The summed E-state index contributed by atoms with van der Waals surface area (Å²) >= 11 is 0. The second kappa shape index (κ2) is 7.48. The fraction of sp³-hybridized carbons (Fsp3) is 0.421. The zero-order valence-electron chi connectivity index (χ0n) is 14.9. The van der Waals surface area contributed by atoms with Gasteiger partial charge in [0.05, 0.1) is 31.6 Å². The number of pyridine rings is 1. The number of carbonyl (C=O) groups is 1. The molecule has 2 aromatic rings. The summed E-state index contributed by atoms with van der Waals surface area (Å²) in [6.07, 6.45) is 3.22. The molecule has 2 heterocycles. The summed E-state index contributed by atoms with van der Waals surface area (Å²) < 4.78 is 12.0. The van der Waals surface area contributed by atoms with E-state index >= 15 is 0 Å². The lowest BCUT2D eigenvalue weighted by atomic mass is 10.00. The normalized spacial score (nSPS) is 17.0. The summed E-state index contributed by atoms with van der Waals surface area (Å²) in [6.45, 7) is 1.02. The highest BCUT2D eigenvalue weighted by Gasteiger charge is 2.24. The van der Waals surface area contributed by atoms with Crippen LogP contribution in [-0.2, 0) is 11.3 Å². The van der Waals surface area contributed by atoms with E-state index in [0.717, 1.165) is 12.8 Å². The van der Waals surface area contributed by atoms with Gasteiger partial charge in [0.1, 0.15) is 6.54 Å². The maximum Gasteiger partial charge on any atom is 0.259 e. The number of benzene rings is 1. The molecule has 0 unspecified atom stereocenters. The SMILES string of the molecule is COc1ccc2c(=O)n(CC(=O)N3CCC[C@@H](C#N)C3)ccc2c1OC. The summed E-state index contributed by atoms with van der Waals surface area (Å²) in [7, 11) is 3.06. The average Bonchev–Trinajstić information content (AvgIpc) is 2.69. The van der Waals surface area contributed by atoms with Crippen molar-refractivity contribution in [2.75, 3.05) is 27.3 Å². The number of rotatable bonds is 4. The predicted octanol–water partition coefficient (Wildman–Crippen LogP) is 1.78. The minimum absolute atomic E-state index is 0.0404. The van der Waals surface area contributed by atoms with Gasteiger partial charge in [0, 0.05) is 24.7 Å². The van der Waals surface area contributed by atoms with Crippen LogP contribution in [0.2, 0.25) is 0 Å². The van der Waals surface area contributed by atoms with Crippen molar-refractivity contribution in [3.8, 4) is 17.6 Å². The number of carbonyl (C=O) groups excluding carboxylic acids is 1. The summed E-state index contributed by atoms with van der Waals surface area (Å²) in [5.74, 6) is 0.766. The monoisotopic (exact) mass is 355 g/mol. The van der Waals surface area contributed by atoms with Gasteiger partial charge in [-0.2, -0.15) is 5.26 Å². The molecule has 3 rings (SSSR count). The van der Waals surface area contributed by atoms with Gasteiger partial charge in [-0.25, -0.2) is 0 Å². The lowest BCUT2D eigenvalue weighted by Gasteiger charge is -2.29. The number of methoxy groups -OCH3 is 2. The molecular weight excluding hydrogens is 334 g/mol. The van der Waals surface area contributed by atoms with Crippen molar-refractivity contribution < 1.29 is 14.3 Å². The predicted molar refractivity (Wildman–Crippen MR) is 96.2 cm³/mol. The van der Waals surface area contributed by atoms with Crippen molar-refractivity contribution >= 4 is 16.7 Å². The van der Waals surface area contributed by atoms with Crippen LogP contribution in [0.3, 0.4) is 0 Å². The standard InChI is InChI=1S/C19H21N3O4/c1-25-16-6-5-15-14(18(16)26-2)7-9-22(19(15)24)12-17(23)21-8-3-4-13(10-20)11-21/h5-7,9,13H,3-4,8,11-12H2,1-2H3/t13-/m0/s1. The minimum Gasteiger partial charge on any atom is -0.493 e. The van der Waals surface area contributed by atoms with Crippen molar-refractivity contribution in [2.45, 2.75) is 19.4 Å². The van der Waals surface area contributed by atoms with Crippen LogP contribution in [0, 0.1) is 17.2 Å². The van der Waals surface area contributed by atoms with Crippen LogP contribution in [0.5, 0.6) is 11.5 Å². The molecule has 1 saturated heterocycles. The molecule has 0 aliphatic carbocycles.